The third-order valence-corrected chi connectivity index (χ3v) is 5.32. The van der Waals surface area contributed by atoms with Crippen molar-refractivity contribution in [2.45, 2.75) is 36.8 Å². The van der Waals surface area contributed by atoms with Crippen molar-refractivity contribution in [3.05, 3.63) is 28.2 Å². The van der Waals surface area contributed by atoms with Crippen LogP contribution in [0.5, 0.6) is 0 Å². The van der Waals surface area contributed by atoms with E-state index in [1.807, 2.05) is 0 Å². The standard InChI is InChI=1S/C12H15Cl2NO3S/c1-8(11-3-2-6-18-11)15-19(16,17)12-7-9(13)4-5-10(12)14/h4-5,7-8,11,15H,2-3,6H2,1H3/t8-,11-/m0/s1. The fourth-order valence-electron chi connectivity index (χ4n) is 2.06. The van der Waals surface area contributed by atoms with Crippen LogP contribution in [0.1, 0.15) is 19.8 Å². The zero-order chi connectivity index (χ0) is 14.0. The first kappa shape index (κ1) is 15.1. The van der Waals surface area contributed by atoms with Crippen molar-refractivity contribution in [1.82, 2.24) is 4.72 Å². The maximum Gasteiger partial charge on any atom is 0.242 e. The van der Waals surface area contributed by atoms with E-state index in [0.29, 0.717) is 11.6 Å². The molecule has 0 bridgehead atoms. The maximum absolute atomic E-state index is 12.3. The van der Waals surface area contributed by atoms with E-state index >= 15 is 0 Å². The summed E-state index contributed by atoms with van der Waals surface area (Å²) < 4.78 is 32.6. The zero-order valence-electron chi connectivity index (χ0n) is 10.4. The van der Waals surface area contributed by atoms with Crippen molar-refractivity contribution in [2.75, 3.05) is 6.61 Å². The first-order valence-corrected chi connectivity index (χ1v) is 8.23. The van der Waals surface area contributed by atoms with Crippen LogP contribution in [0.4, 0.5) is 0 Å². The summed E-state index contributed by atoms with van der Waals surface area (Å²) in [6, 6.07) is 4.05. The third-order valence-electron chi connectivity index (χ3n) is 3.05. The van der Waals surface area contributed by atoms with Gasteiger partial charge in [0.25, 0.3) is 0 Å². The number of hydrogen-bond acceptors (Lipinski definition) is 3. The van der Waals surface area contributed by atoms with Gasteiger partial charge in [-0.25, -0.2) is 13.1 Å². The smallest absolute Gasteiger partial charge is 0.242 e. The SMILES string of the molecule is C[C@H](NS(=O)(=O)c1cc(Cl)ccc1Cl)[C@@H]1CCCO1. The second-order valence-electron chi connectivity index (χ2n) is 4.54. The molecule has 2 atom stereocenters. The molecule has 1 aromatic carbocycles. The Bertz CT molecular complexity index is 556. The molecule has 1 heterocycles. The van der Waals surface area contributed by atoms with Gasteiger partial charge in [-0.05, 0) is 38.0 Å². The van der Waals surface area contributed by atoms with Gasteiger partial charge < -0.3 is 4.74 Å². The Morgan fingerprint density at radius 2 is 2.16 bits per heavy atom. The molecule has 1 N–H and O–H groups in total. The Hall–Kier alpha value is -0.330. The van der Waals surface area contributed by atoms with Crippen molar-refractivity contribution in [2.24, 2.45) is 0 Å². The lowest BCUT2D eigenvalue weighted by atomic mass is 10.1. The molecule has 2 rings (SSSR count). The molecule has 0 aliphatic carbocycles. The zero-order valence-corrected chi connectivity index (χ0v) is 12.7. The topological polar surface area (TPSA) is 55.4 Å². The molecule has 0 radical (unpaired) electrons. The lowest BCUT2D eigenvalue weighted by Crippen LogP contribution is -2.40. The molecular formula is C12H15Cl2NO3S. The summed E-state index contributed by atoms with van der Waals surface area (Å²) in [4.78, 5) is -0.00786. The minimum Gasteiger partial charge on any atom is -0.377 e. The van der Waals surface area contributed by atoms with Gasteiger partial charge in [-0.15, -0.1) is 0 Å². The number of sulfonamides is 1. The number of ether oxygens (including phenoxy) is 1. The van der Waals surface area contributed by atoms with E-state index in [-0.39, 0.29) is 22.1 Å². The first-order chi connectivity index (χ1) is 8.90. The summed E-state index contributed by atoms with van der Waals surface area (Å²) >= 11 is 11.7. The van der Waals surface area contributed by atoms with E-state index in [9.17, 15) is 8.42 Å². The molecule has 0 unspecified atom stereocenters. The van der Waals surface area contributed by atoms with E-state index < -0.39 is 10.0 Å². The normalized spacial score (nSPS) is 21.5. The van der Waals surface area contributed by atoms with Gasteiger partial charge in [-0.3, -0.25) is 0 Å². The molecule has 0 aromatic heterocycles. The van der Waals surface area contributed by atoms with Crippen molar-refractivity contribution in [1.29, 1.82) is 0 Å². The molecule has 19 heavy (non-hydrogen) atoms. The molecule has 0 saturated carbocycles. The van der Waals surface area contributed by atoms with E-state index in [2.05, 4.69) is 4.72 Å². The highest BCUT2D eigenvalue weighted by Gasteiger charge is 2.28. The fraction of sp³-hybridized carbons (Fsp3) is 0.500. The van der Waals surface area contributed by atoms with Crippen LogP contribution < -0.4 is 4.72 Å². The van der Waals surface area contributed by atoms with Crippen LogP contribution in [0.15, 0.2) is 23.1 Å². The Balaban J connectivity index is 2.19. The number of rotatable bonds is 4. The Morgan fingerprint density at radius 3 is 2.79 bits per heavy atom. The van der Waals surface area contributed by atoms with E-state index in [4.69, 9.17) is 27.9 Å². The van der Waals surface area contributed by atoms with Crippen LogP contribution in [0.25, 0.3) is 0 Å². The third kappa shape index (κ3) is 3.61. The molecule has 106 valence electrons. The fourth-order valence-corrected chi connectivity index (χ4v) is 4.10. The van der Waals surface area contributed by atoms with Crippen LogP contribution in [0, 0.1) is 0 Å². The van der Waals surface area contributed by atoms with Crippen molar-refractivity contribution >= 4 is 33.2 Å². The summed E-state index contributed by atoms with van der Waals surface area (Å²) in [7, 11) is -3.70. The van der Waals surface area contributed by atoms with Crippen molar-refractivity contribution in [3.63, 3.8) is 0 Å². The van der Waals surface area contributed by atoms with Gasteiger partial charge in [0.1, 0.15) is 4.90 Å². The molecule has 4 nitrogen and oxygen atoms in total. The van der Waals surface area contributed by atoms with Crippen molar-refractivity contribution < 1.29 is 13.2 Å². The summed E-state index contributed by atoms with van der Waals surface area (Å²) in [6.45, 7) is 2.46. The Morgan fingerprint density at radius 1 is 1.42 bits per heavy atom. The quantitative estimate of drug-likeness (QED) is 0.926. The number of benzene rings is 1. The van der Waals surface area contributed by atoms with E-state index in [1.54, 1.807) is 13.0 Å². The average Bonchev–Trinajstić information content (AvgIpc) is 2.85. The minimum absolute atomic E-state index is 0.00786. The molecule has 0 amide bonds. The average molecular weight is 324 g/mol. The van der Waals surface area contributed by atoms with Gasteiger partial charge in [0.2, 0.25) is 10.0 Å². The van der Waals surface area contributed by atoms with Gasteiger partial charge in [0.05, 0.1) is 11.1 Å². The van der Waals surface area contributed by atoms with Crippen LogP contribution in [0.3, 0.4) is 0 Å². The summed E-state index contributed by atoms with van der Waals surface area (Å²) in [5.41, 5.74) is 0. The largest absolute Gasteiger partial charge is 0.377 e. The summed E-state index contributed by atoms with van der Waals surface area (Å²) in [6.07, 6.45) is 1.72. The second kappa shape index (κ2) is 5.97. The highest BCUT2D eigenvalue weighted by atomic mass is 35.5. The number of nitrogens with one attached hydrogen (secondary N) is 1. The maximum atomic E-state index is 12.3. The second-order valence-corrected chi connectivity index (χ2v) is 7.06. The lowest BCUT2D eigenvalue weighted by Gasteiger charge is -2.20. The Labute approximate surface area is 123 Å². The molecule has 7 heteroatoms. The molecule has 1 aromatic rings. The van der Waals surface area contributed by atoms with Crippen LogP contribution in [-0.4, -0.2) is 27.2 Å². The predicted octanol–water partition coefficient (Wildman–Crippen LogP) is 2.84. The number of hydrogen-bond donors (Lipinski definition) is 1. The molecule has 1 fully saturated rings. The van der Waals surface area contributed by atoms with Gasteiger partial charge in [-0.2, -0.15) is 0 Å². The van der Waals surface area contributed by atoms with Crippen molar-refractivity contribution in [3.8, 4) is 0 Å². The Kier molecular flexibility index (Phi) is 4.74. The van der Waals surface area contributed by atoms with E-state index in [0.717, 1.165) is 12.8 Å². The van der Waals surface area contributed by atoms with Gasteiger partial charge in [0, 0.05) is 17.7 Å². The molecule has 1 aliphatic rings. The van der Waals surface area contributed by atoms with Crippen LogP contribution in [-0.2, 0) is 14.8 Å². The molecular weight excluding hydrogens is 309 g/mol. The predicted molar refractivity (Wildman–Crippen MR) is 75.2 cm³/mol. The monoisotopic (exact) mass is 323 g/mol. The highest BCUT2D eigenvalue weighted by molar-refractivity contribution is 7.89. The van der Waals surface area contributed by atoms with E-state index in [1.165, 1.54) is 12.1 Å². The van der Waals surface area contributed by atoms with Gasteiger partial charge in [0.15, 0.2) is 0 Å². The number of halogens is 2. The molecule has 0 spiro atoms. The summed E-state index contributed by atoms with van der Waals surface area (Å²) in [5, 5.41) is 0.478. The van der Waals surface area contributed by atoms with Crippen LogP contribution in [0.2, 0.25) is 10.0 Å². The van der Waals surface area contributed by atoms with Crippen LogP contribution >= 0.6 is 23.2 Å². The molecule has 1 saturated heterocycles. The van der Waals surface area contributed by atoms with Gasteiger partial charge in [-0.1, -0.05) is 23.2 Å². The first-order valence-electron chi connectivity index (χ1n) is 5.99. The lowest BCUT2D eigenvalue weighted by molar-refractivity contribution is 0.0902. The highest BCUT2D eigenvalue weighted by Crippen LogP contribution is 2.26. The minimum atomic E-state index is -3.70. The summed E-state index contributed by atoms with van der Waals surface area (Å²) in [5.74, 6) is 0. The van der Waals surface area contributed by atoms with Gasteiger partial charge >= 0.3 is 0 Å². The molecule has 1 aliphatic heterocycles.